The standard InChI is InChI=1S/C11H17N3O2/c1-11(2,3)16-10(15)13-6-7-14-9(8-13)4-5-12-14/h4,6-7,12H,5,8H2,1-3H3. The van der Waals surface area contributed by atoms with Gasteiger partial charge in [0.1, 0.15) is 5.60 Å². The van der Waals surface area contributed by atoms with Crippen LogP contribution in [-0.2, 0) is 4.74 Å². The molecule has 0 saturated heterocycles. The maximum absolute atomic E-state index is 11.8. The molecule has 0 aromatic rings. The van der Waals surface area contributed by atoms with Crippen molar-refractivity contribution in [3.05, 3.63) is 24.2 Å². The van der Waals surface area contributed by atoms with Gasteiger partial charge in [0, 0.05) is 18.9 Å². The second-order valence-electron chi connectivity index (χ2n) is 4.83. The first-order valence-corrected chi connectivity index (χ1v) is 5.35. The average molecular weight is 223 g/mol. The maximum Gasteiger partial charge on any atom is 0.414 e. The van der Waals surface area contributed by atoms with Gasteiger partial charge in [-0.25, -0.2) is 10.2 Å². The number of carbonyl (C=O) groups excluding carboxylic acids is 1. The van der Waals surface area contributed by atoms with Crippen LogP contribution in [0.3, 0.4) is 0 Å². The Morgan fingerprint density at radius 3 is 2.88 bits per heavy atom. The summed E-state index contributed by atoms with van der Waals surface area (Å²) in [4.78, 5) is 13.4. The fourth-order valence-corrected chi connectivity index (χ4v) is 1.57. The second-order valence-corrected chi connectivity index (χ2v) is 4.83. The van der Waals surface area contributed by atoms with Crippen molar-refractivity contribution in [3.63, 3.8) is 0 Å². The van der Waals surface area contributed by atoms with E-state index in [1.165, 1.54) is 0 Å². The molecule has 0 unspecified atom stereocenters. The van der Waals surface area contributed by atoms with Gasteiger partial charge in [0.2, 0.25) is 0 Å². The van der Waals surface area contributed by atoms with Crippen molar-refractivity contribution < 1.29 is 9.53 Å². The number of nitrogens with zero attached hydrogens (tertiary/aromatic N) is 2. The summed E-state index contributed by atoms with van der Waals surface area (Å²) < 4.78 is 5.30. The van der Waals surface area contributed by atoms with Crippen molar-refractivity contribution in [1.29, 1.82) is 0 Å². The molecule has 88 valence electrons. The highest BCUT2D eigenvalue weighted by molar-refractivity contribution is 5.70. The summed E-state index contributed by atoms with van der Waals surface area (Å²) in [6.07, 6.45) is 5.30. The van der Waals surface area contributed by atoms with Gasteiger partial charge in [-0.15, -0.1) is 0 Å². The Labute approximate surface area is 95.3 Å². The van der Waals surface area contributed by atoms with E-state index in [9.17, 15) is 4.79 Å². The number of hydrogen-bond acceptors (Lipinski definition) is 4. The third-order valence-electron chi connectivity index (χ3n) is 2.26. The number of amides is 1. The maximum atomic E-state index is 11.8. The van der Waals surface area contributed by atoms with Crippen LogP contribution in [0.4, 0.5) is 4.79 Å². The zero-order valence-electron chi connectivity index (χ0n) is 9.86. The third-order valence-corrected chi connectivity index (χ3v) is 2.26. The molecule has 1 amide bonds. The van der Waals surface area contributed by atoms with Crippen molar-refractivity contribution in [1.82, 2.24) is 15.3 Å². The highest BCUT2D eigenvalue weighted by Gasteiger charge is 2.26. The van der Waals surface area contributed by atoms with Gasteiger partial charge in [-0.2, -0.15) is 0 Å². The molecule has 0 spiro atoms. The fraction of sp³-hybridized carbons (Fsp3) is 0.545. The molecule has 0 radical (unpaired) electrons. The molecule has 2 aliphatic rings. The van der Waals surface area contributed by atoms with Crippen LogP contribution in [-0.4, -0.2) is 34.7 Å². The lowest BCUT2D eigenvalue weighted by Crippen LogP contribution is -2.41. The number of hydrogen-bond donors (Lipinski definition) is 1. The number of hydrazine groups is 1. The van der Waals surface area contributed by atoms with E-state index in [1.54, 1.807) is 11.1 Å². The van der Waals surface area contributed by atoms with Gasteiger partial charge < -0.3 is 4.74 Å². The van der Waals surface area contributed by atoms with Crippen molar-refractivity contribution >= 4 is 6.09 Å². The predicted octanol–water partition coefficient (Wildman–Crippen LogP) is 1.41. The smallest absolute Gasteiger partial charge is 0.414 e. The molecular formula is C11H17N3O2. The molecule has 2 heterocycles. The first-order chi connectivity index (χ1) is 7.46. The number of ether oxygens (including phenoxy) is 1. The predicted molar refractivity (Wildman–Crippen MR) is 60.0 cm³/mol. The van der Waals surface area contributed by atoms with Crippen molar-refractivity contribution in [2.45, 2.75) is 26.4 Å². The van der Waals surface area contributed by atoms with Crippen LogP contribution in [0.1, 0.15) is 20.8 Å². The molecule has 0 aliphatic carbocycles. The quantitative estimate of drug-likeness (QED) is 0.674. The molecule has 5 heteroatoms. The van der Waals surface area contributed by atoms with Gasteiger partial charge in [-0.1, -0.05) is 0 Å². The topological polar surface area (TPSA) is 44.8 Å². The highest BCUT2D eigenvalue weighted by Crippen LogP contribution is 2.18. The molecule has 0 bridgehead atoms. The van der Waals surface area contributed by atoms with E-state index in [2.05, 4.69) is 11.5 Å². The lowest BCUT2D eigenvalue weighted by Gasteiger charge is -2.30. The van der Waals surface area contributed by atoms with Crippen LogP contribution in [0, 0.1) is 0 Å². The van der Waals surface area contributed by atoms with E-state index in [-0.39, 0.29) is 6.09 Å². The third kappa shape index (κ3) is 2.36. The number of nitrogens with one attached hydrogen (secondary N) is 1. The Hall–Kier alpha value is -1.49. The van der Waals surface area contributed by atoms with E-state index in [1.807, 2.05) is 32.0 Å². The molecule has 0 saturated carbocycles. The molecule has 2 aliphatic heterocycles. The van der Waals surface area contributed by atoms with E-state index in [4.69, 9.17) is 4.74 Å². The van der Waals surface area contributed by atoms with Gasteiger partial charge in [0.25, 0.3) is 0 Å². The second kappa shape index (κ2) is 3.83. The zero-order valence-corrected chi connectivity index (χ0v) is 9.86. The number of carbonyl (C=O) groups is 1. The van der Waals surface area contributed by atoms with E-state index in [0.717, 1.165) is 12.2 Å². The summed E-state index contributed by atoms with van der Waals surface area (Å²) in [7, 11) is 0. The van der Waals surface area contributed by atoms with Gasteiger partial charge in [0.15, 0.2) is 0 Å². The summed E-state index contributed by atoms with van der Waals surface area (Å²) in [6.45, 7) is 6.95. The first kappa shape index (κ1) is 11.0. The van der Waals surface area contributed by atoms with E-state index < -0.39 is 5.60 Å². The minimum Gasteiger partial charge on any atom is -0.443 e. The van der Waals surface area contributed by atoms with Crippen LogP contribution < -0.4 is 5.43 Å². The van der Waals surface area contributed by atoms with Gasteiger partial charge in [-0.3, -0.25) is 9.91 Å². The molecule has 2 rings (SSSR count). The largest absolute Gasteiger partial charge is 0.443 e. The van der Waals surface area contributed by atoms with Crippen LogP contribution >= 0.6 is 0 Å². The Bertz CT molecular complexity index is 355. The summed E-state index contributed by atoms with van der Waals surface area (Å²) in [5, 5.41) is 1.92. The molecule has 0 aromatic carbocycles. The minimum absolute atomic E-state index is 0.309. The lowest BCUT2D eigenvalue weighted by molar-refractivity contribution is 0.0326. The highest BCUT2D eigenvalue weighted by atomic mass is 16.6. The monoisotopic (exact) mass is 223 g/mol. The molecule has 5 nitrogen and oxygen atoms in total. The molecular weight excluding hydrogens is 206 g/mol. The number of fused-ring (bicyclic) bond motifs is 1. The number of rotatable bonds is 0. The summed E-state index contributed by atoms with van der Waals surface area (Å²) in [6, 6.07) is 0. The van der Waals surface area contributed by atoms with Crippen LogP contribution in [0.2, 0.25) is 0 Å². The molecule has 0 atom stereocenters. The Morgan fingerprint density at radius 1 is 1.44 bits per heavy atom. The summed E-state index contributed by atoms with van der Waals surface area (Å²) in [5.41, 5.74) is 3.76. The fourth-order valence-electron chi connectivity index (χ4n) is 1.57. The van der Waals surface area contributed by atoms with Crippen LogP contribution in [0.25, 0.3) is 0 Å². The van der Waals surface area contributed by atoms with Gasteiger partial charge in [0.05, 0.1) is 12.2 Å². The average Bonchev–Trinajstić information content (AvgIpc) is 2.61. The normalized spacial score (nSPS) is 19.6. The van der Waals surface area contributed by atoms with Crippen LogP contribution in [0.15, 0.2) is 24.2 Å². The summed E-state index contributed by atoms with van der Waals surface area (Å²) in [5.74, 6) is 0. The van der Waals surface area contributed by atoms with Crippen LogP contribution in [0.5, 0.6) is 0 Å². The van der Waals surface area contributed by atoms with Crippen molar-refractivity contribution in [3.8, 4) is 0 Å². The molecule has 16 heavy (non-hydrogen) atoms. The Balaban J connectivity index is 2.01. The minimum atomic E-state index is -0.454. The van der Waals surface area contributed by atoms with E-state index in [0.29, 0.717) is 6.54 Å². The lowest BCUT2D eigenvalue weighted by atomic mass is 10.2. The van der Waals surface area contributed by atoms with E-state index >= 15 is 0 Å². The SMILES string of the molecule is CC(C)(C)OC(=O)N1C=CN2NCC=C2C1. The Kier molecular flexibility index (Phi) is 2.63. The summed E-state index contributed by atoms with van der Waals surface area (Å²) >= 11 is 0. The first-order valence-electron chi connectivity index (χ1n) is 5.35. The molecule has 0 aromatic heterocycles. The zero-order chi connectivity index (χ0) is 11.8. The van der Waals surface area contributed by atoms with Crippen molar-refractivity contribution in [2.24, 2.45) is 0 Å². The van der Waals surface area contributed by atoms with Crippen molar-refractivity contribution in [2.75, 3.05) is 13.1 Å². The Morgan fingerprint density at radius 2 is 2.19 bits per heavy atom. The molecule has 0 fully saturated rings. The molecule has 1 N–H and O–H groups in total. The van der Waals surface area contributed by atoms with Gasteiger partial charge in [-0.05, 0) is 26.8 Å². The van der Waals surface area contributed by atoms with Gasteiger partial charge >= 0.3 is 6.09 Å².